The van der Waals surface area contributed by atoms with Crippen LogP contribution < -0.4 is 10.1 Å². The SMILES string of the molecule is CCC(C)(C)NC(=O)COc1ccc(F)cc1C. The summed E-state index contributed by atoms with van der Waals surface area (Å²) in [5.41, 5.74) is 0.440. The topological polar surface area (TPSA) is 38.3 Å². The maximum Gasteiger partial charge on any atom is 0.258 e. The highest BCUT2D eigenvalue weighted by atomic mass is 19.1. The number of hydrogen-bond acceptors (Lipinski definition) is 2. The van der Waals surface area contributed by atoms with E-state index in [-0.39, 0.29) is 23.9 Å². The van der Waals surface area contributed by atoms with Gasteiger partial charge in [0.2, 0.25) is 0 Å². The first kappa shape index (κ1) is 14.5. The number of halogens is 1. The van der Waals surface area contributed by atoms with E-state index in [1.165, 1.54) is 18.2 Å². The van der Waals surface area contributed by atoms with Crippen molar-refractivity contribution in [3.05, 3.63) is 29.6 Å². The van der Waals surface area contributed by atoms with E-state index in [1.807, 2.05) is 20.8 Å². The smallest absolute Gasteiger partial charge is 0.258 e. The molecule has 1 N–H and O–H groups in total. The molecule has 1 aromatic rings. The van der Waals surface area contributed by atoms with Gasteiger partial charge in [-0.2, -0.15) is 0 Å². The zero-order valence-electron chi connectivity index (χ0n) is 11.3. The minimum absolute atomic E-state index is 0.0596. The maximum absolute atomic E-state index is 12.9. The van der Waals surface area contributed by atoms with Gasteiger partial charge in [-0.1, -0.05) is 6.92 Å². The van der Waals surface area contributed by atoms with E-state index in [2.05, 4.69) is 5.32 Å². The summed E-state index contributed by atoms with van der Waals surface area (Å²) in [5.74, 6) is 0.0443. The van der Waals surface area contributed by atoms with Gasteiger partial charge in [0, 0.05) is 5.54 Å². The zero-order valence-corrected chi connectivity index (χ0v) is 11.3. The molecule has 1 rings (SSSR count). The zero-order chi connectivity index (χ0) is 13.8. The standard InChI is InChI=1S/C14H20FNO2/c1-5-14(3,4)16-13(17)9-18-12-7-6-11(15)8-10(12)2/h6-8H,5,9H2,1-4H3,(H,16,17). The van der Waals surface area contributed by atoms with Gasteiger partial charge in [-0.25, -0.2) is 4.39 Å². The third-order valence-electron chi connectivity index (χ3n) is 2.86. The van der Waals surface area contributed by atoms with Gasteiger partial charge in [0.05, 0.1) is 0 Å². The summed E-state index contributed by atoms with van der Waals surface area (Å²) >= 11 is 0. The van der Waals surface area contributed by atoms with Gasteiger partial charge in [-0.3, -0.25) is 4.79 Å². The Morgan fingerprint density at radius 3 is 2.67 bits per heavy atom. The van der Waals surface area contributed by atoms with Crippen LogP contribution in [0.1, 0.15) is 32.8 Å². The fourth-order valence-corrected chi connectivity index (χ4v) is 1.42. The van der Waals surface area contributed by atoms with Crippen LogP contribution in [-0.4, -0.2) is 18.1 Å². The van der Waals surface area contributed by atoms with Crippen molar-refractivity contribution in [1.29, 1.82) is 0 Å². The number of carbonyl (C=O) groups excluding carboxylic acids is 1. The van der Waals surface area contributed by atoms with Gasteiger partial charge in [0.1, 0.15) is 11.6 Å². The lowest BCUT2D eigenvalue weighted by atomic mass is 10.0. The minimum Gasteiger partial charge on any atom is -0.484 e. The van der Waals surface area contributed by atoms with Gasteiger partial charge in [0.25, 0.3) is 5.91 Å². The highest BCUT2D eigenvalue weighted by Gasteiger charge is 2.18. The normalized spacial score (nSPS) is 11.2. The van der Waals surface area contributed by atoms with E-state index < -0.39 is 0 Å². The molecule has 3 nitrogen and oxygen atoms in total. The minimum atomic E-state index is -0.309. The van der Waals surface area contributed by atoms with Crippen LogP contribution in [0.4, 0.5) is 4.39 Å². The quantitative estimate of drug-likeness (QED) is 0.876. The van der Waals surface area contributed by atoms with Crippen molar-refractivity contribution in [2.45, 2.75) is 39.7 Å². The molecule has 0 aliphatic heterocycles. The molecule has 0 aromatic heterocycles. The van der Waals surface area contributed by atoms with Gasteiger partial charge in [-0.05, 0) is 51.0 Å². The average molecular weight is 253 g/mol. The predicted octanol–water partition coefficient (Wildman–Crippen LogP) is 2.82. The maximum atomic E-state index is 12.9. The number of aryl methyl sites for hydroxylation is 1. The van der Waals surface area contributed by atoms with Crippen LogP contribution in [0.15, 0.2) is 18.2 Å². The van der Waals surface area contributed by atoms with Crippen molar-refractivity contribution in [1.82, 2.24) is 5.32 Å². The summed E-state index contributed by atoms with van der Waals surface area (Å²) in [7, 11) is 0. The molecule has 0 aliphatic carbocycles. The molecule has 0 heterocycles. The molecule has 0 saturated carbocycles. The Labute approximate surface area is 107 Å². The molecule has 0 saturated heterocycles. The van der Waals surface area contributed by atoms with Gasteiger partial charge >= 0.3 is 0 Å². The van der Waals surface area contributed by atoms with E-state index in [0.717, 1.165) is 6.42 Å². The van der Waals surface area contributed by atoms with Crippen LogP contribution in [0.3, 0.4) is 0 Å². The Kier molecular flexibility index (Phi) is 4.70. The Hall–Kier alpha value is -1.58. The Morgan fingerprint density at radius 2 is 2.11 bits per heavy atom. The van der Waals surface area contributed by atoms with Crippen LogP contribution >= 0.6 is 0 Å². The fraction of sp³-hybridized carbons (Fsp3) is 0.500. The van der Waals surface area contributed by atoms with E-state index >= 15 is 0 Å². The number of amides is 1. The third-order valence-corrected chi connectivity index (χ3v) is 2.86. The van der Waals surface area contributed by atoms with E-state index in [1.54, 1.807) is 6.92 Å². The highest BCUT2D eigenvalue weighted by Crippen LogP contribution is 2.18. The van der Waals surface area contributed by atoms with Gasteiger partial charge in [-0.15, -0.1) is 0 Å². The third kappa shape index (κ3) is 4.35. The molecule has 0 spiro atoms. The van der Waals surface area contributed by atoms with Crippen LogP contribution in [0.2, 0.25) is 0 Å². The molecule has 1 aromatic carbocycles. The molecular weight excluding hydrogens is 233 g/mol. The van der Waals surface area contributed by atoms with Crippen molar-refractivity contribution in [2.75, 3.05) is 6.61 Å². The molecule has 0 unspecified atom stereocenters. The predicted molar refractivity (Wildman–Crippen MR) is 69.1 cm³/mol. The summed E-state index contributed by atoms with van der Waals surface area (Å²) in [5, 5.41) is 2.87. The van der Waals surface area contributed by atoms with E-state index in [9.17, 15) is 9.18 Å². The van der Waals surface area contributed by atoms with E-state index in [4.69, 9.17) is 4.74 Å². The molecule has 4 heteroatoms. The Bertz CT molecular complexity index is 430. The average Bonchev–Trinajstić information content (AvgIpc) is 2.27. The first-order chi connectivity index (χ1) is 8.34. The molecule has 0 atom stereocenters. The second-order valence-corrected chi connectivity index (χ2v) is 4.98. The number of nitrogens with one attached hydrogen (secondary N) is 1. The van der Waals surface area contributed by atoms with Crippen LogP contribution in [-0.2, 0) is 4.79 Å². The lowest BCUT2D eigenvalue weighted by Crippen LogP contribution is -2.44. The summed E-state index contributed by atoms with van der Waals surface area (Å²) in [4.78, 5) is 11.7. The largest absolute Gasteiger partial charge is 0.484 e. The van der Waals surface area contributed by atoms with Crippen LogP contribution in [0.25, 0.3) is 0 Å². The van der Waals surface area contributed by atoms with E-state index in [0.29, 0.717) is 11.3 Å². The number of rotatable bonds is 5. The van der Waals surface area contributed by atoms with Crippen LogP contribution in [0.5, 0.6) is 5.75 Å². The van der Waals surface area contributed by atoms with Crippen molar-refractivity contribution in [3.63, 3.8) is 0 Å². The molecule has 0 radical (unpaired) electrons. The Morgan fingerprint density at radius 1 is 1.44 bits per heavy atom. The number of benzene rings is 1. The first-order valence-electron chi connectivity index (χ1n) is 6.04. The molecule has 1 amide bonds. The van der Waals surface area contributed by atoms with Gasteiger partial charge < -0.3 is 10.1 Å². The molecule has 0 aliphatic rings. The summed E-state index contributed by atoms with van der Waals surface area (Å²) in [6.45, 7) is 7.59. The highest BCUT2D eigenvalue weighted by molar-refractivity contribution is 5.78. The summed E-state index contributed by atoms with van der Waals surface area (Å²) in [6, 6.07) is 4.22. The summed E-state index contributed by atoms with van der Waals surface area (Å²) in [6.07, 6.45) is 0.842. The van der Waals surface area contributed by atoms with Crippen LogP contribution in [0, 0.1) is 12.7 Å². The monoisotopic (exact) mass is 253 g/mol. The van der Waals surface area contributed by atoms with Crippen molar-refractivity contribution < 1.29 is 13.9 Å². The van der Waals surface area contributed by atoms with Gasteiger partial charge in [0.15, 0.2) is 6.61 Å². The van der Waals surface area contributed by atoms with Crippen molar-refractivity contribution in [2.24, 2.45) is 0 Å². The van der Waals surface area contributed by atoms with Crippen molar-refractivity contribution >= 4 is 5.91 Å². The molecule has 100 valence electrons. The second-order valence-electron chi connectivity index (χ2n) is 4.98. The molecule has 0 bridgehead atoms. The lowest BCUT2D eigenvalue weighted by molar-refractivity contribution is -0.124. The number of carbonyl (C=O) groups is 1. The molecular formula is C14H20FNO2. The molecule has 18 heavy (non-hydrogen) atoms. The molecule has 0 fully saturated rings. The fourth-order valence-electron chi connectivity index (χ4n) is 1.42. The number of ether oxygens (including phenoxy) is 1. The number of hydrogen-bond donors (Lipinski definition) is 1. The lowest BCUT2D eigenvalue weighted by Gasteiger charge is -2.24. The van der Waals surface area contributed by atoms with Crippen molar-refractivity contribution in [3.8, 4) is 5.75 Å². The summed E-state index contributed by atoms with van der Waals surface area (Å²) < 4.78 is 18.2. The Balaban J connectivity index is 2.53. The second kappa shape index (κ2) is 5.85. The first-order valence-corrected chi connectivity index (χ1v) is 6.04.